The van der Waals surface area contributed by atoms with Gasteiger partial charge in [0.25, 0.3) is 0 Å². The third kappa shape index (κ3) is 3.19. The Morgan fingerprint density at radius 1 is 1.59 bits per heavy atom. The number of aromatic nitrogens is 1. The van der Waals surface area contributed by atoms with Crippen LogP contribution in [0.15, 0.2) is 14.3 Å². The lowest BCUT2D eigenvalue weighted by Gasteiger charge is -2.11. The fourth-order valence-corrected chi connectivity index (χ4v) is 2.23. The van der Waals surface area contributed by atoms with E-state index in [1.165, 1.54) is 25.5 Å². The molecule has 0 aliphatic carbocycles. The first-order valence-electron chi connectivity index (χ1n) is 4.67. The Kier molecular flexibility index (Phi) is 4.95. The van der Waals surface area contributed by atoms with Crippen LogP contribution in [0.1, 0.15) is 17.4 Å². The Morgan fingerprint density at radius 3 is 2.65 bits per heavy atom. The number of methoxy groups -OCH3 is 1. The number of rotatable bonds is 4. The van der Waals surface area contributed by atoms with Crippen LogP contribution in [0.4, 0.5) is 0 Å². The molecule has 5 nitrogen and oxygen atoms in total. The molecule has 0 saturated carbocycles. The third-order valence-electron chi connectivity index (χ3n) is 2.20. The van der Waals surface area contributed by atoms with Crippen LogP contribution in [-0.2, 0) is 9.53 Å². The number of thiazole rings is 1. The summed E-state index contributed by atoms with van der Waals surface area (Å²) in [5.41, 5.74) is 0.645. The molecule has 0 N–H and O–H groups in total. The lowest BCUT2D eigenvalue weighted by atomic mass is 9.97. The highest BCUT2D eigenvalue weighted by Crippen LogP contribution is 2.19. The van der Waals surface area contributed by atoms with E-state index in [9.17, 15) is 9.59 Å². The van der Waals surface area contributed by atoms with E-state index in [4.69, 9.17) is 0 Å². The van der Waals surface area contributed by atoms with Gasteiger partial charge in [0.05, 0.1) is 7.11 Å². The largest absolute Gasteiger partial charge is 0.468 e. The molecule has 0 aromatic carbocycles. The summed E-state index contributed by atoms with van der Waals surface area (Å²) in [7, 11) is 2.76. The lowest BCUT2D eigenvalue weighted by molar-refractivity contribution is -0.141. The third-order valence-corrected chi connectivity index (χ3v) is 3.56. The molecule has 0 aliphatic heterocycles. The monoisotopic (exact) mass is 318 g/mol. The molecule has 92 valence electrons. The van der Waals surface area contributed by atoms with Crippen LogP contribution in [0.3, 0.4) is 0 Å². The number of halogens is 1. The number of carbonyl (C=O) groups is 2. The van der Waals surface area contributed by atoms with Crippen molar-refractivity contribution in [3.05, 3.63) is 15.0 Å². The van der Waals surface area contributed by atoms with Crippen LogP contribution in [0.2, 0.25) is 0 Å². The lowest BCUT2D eigenvalue weighted by Crippen LogP contribution is -2.31. The fraction of sp³-hybridized carbons (Fsp3) is 0.400. The molecule has 0 radical (unpaired) electrons. The first-order valence-corrected chi connectivity index (χ1v) is 6.34. The SMILES string of the molecule is CN=C(C)C(C(=O)OC)C(=O)c1csc(Br)n1. The minimum absolute atomic E-state index is 0.236. The maximum Gasteiger partial charge on any atom is 0.322 e. The second-order valence-electron chi connectivity index (χ2n) is 3.17. The van der Waals surface area contributed by atoms with Crippen LogP contribution in [0, 0.1) is 5.92 Å². The van der Waals surface area contributed by atoms with Gasteiger partial charge < -0.3 is 4.74 Å². The smallest absolute Gasteiger partial charge is 0.322 e. The number of hydrogen-bond acceptors (Lipinski definition) is 6. The average molecular weight is 319 g/mol. The van der Waals surface area contributed by atoms with Gasteiger partial charge in [-0.1, -0.05) is 0 Å². The molecule has 0 fully saturated rings. The van der Waals surface area contributed by atoms with Gasteiger partial charge in [-0.05, 0) is 22.9 Å². The first-order chi connectivity index (χ1) is 8.01. The average Bonchev–Trinajstić information content (AvgIpc) is 2.75. The van der Waals surface area contributed by atoms with E-state index >= 15 is 0 Å². The zero-order valence-corrected chi connectivity index (χ0v) is 12.0. The highest BCUT2D eigenvalue weighted by Gasteiger charge is 2.32. The van der Waals surface area contributed by atoms with Gasteiger partial charge in [0.1, 0.15) is 5.69 Å². The number of ketones is 1. The zero-order valence-electron chi connectivity index (χ0n) is 9.56. The number of Topliss-reactive ketones (excluding diaryl/α,β-unsaturated/α-hetero) is 1. The number of esters is 1. The van der Waals surface area contributed by atoms with E-state index < -0.39 is 17.7 Å². The van der Waals surface area contributed by atoms with Crippen molar-refractivity contribution < 1.29 is 14.3 Å². The van der Waals surface area contributed by atoms with Gasteiger partial charge in [-0.25, -0.2) is 4.98 Å². The Morgan fingerprint density at radius 2 is 2.24 bits per heavy atom. The van der Waals surface area contributed by atoms with Gasteiger partial charge in [-0.2, -0.15) is 0 Å². The molecule has 17 heavy (non-hydrogen) atoms. The van der Waals surface area contributed by atoms with Gasteiger partial charge in [-0.15, -0.1) is 11.3 Å². The zero-order chi connectivity index (χ0) is 13.0. The van der Waals surface area contributed by atoms with Crippen LogP contribution in [-0.4, -0.2) is 36.6 Å². The first kappa shape index (κ1) is 14.0. The summed E-state index contributed by atoms with van der Waals surface area (Å²) >= 11 is 4.45. The van der Waals surface area contributed by atoms with Crippen molar-refractivity contribution in [3.8, 4) is 0 Å². The molecular formula is C10H11BrN2O3S. The molecule has 1 aromatic heterocycles. The van der Waals surface area contributed by atoms with E-state index in [0.717, 1.165) is 0 Å². The van der Waals surface area contributed by atoms with Crippen molar-refractivity contribution in [2.75, 3.05) is 14.2 Å². The van der Waals surface area contributed by atoms with E-state index in [1.54, 1.807) is 12.3 Å². The van der Waals surface area contributed by atoms with E-state index in [1.807, 2.05) is 0 Å². The van der Waals surface area contributed by atoms with Crippen LogP contribution in [0.25, 0.3) is 0 Å². The number of nitrogens with zero attached hydrogens (tertiary/aromatic N) is 2. The molecule has 0 amide bonds. The summed E-state index contributed by atoms with van der Waals surface area (Å²) < 4.78 is 5.20. The van der Waals surface area contributed by atoms with Crippen molar-refractivity contribution in [2.24, 2.45) is 10.9 Å². The van der Waals surface area contributed by atoms with Gasteiger partial charge in [0.2, 0.25) is 5.78 Å². The molecule has 1 unspecified atom stereocenters. The van der Waals surface area contributed by atoms with Crippen LogP contribution < -0.4 is 0 Å². The molecule has 1 atom stereocenters. The maximum absolute atomic E-state index is 12.1. The highest BCUT2D eigenvalue weighted by atomic mass is 79.9. The van der Waals surface area contributed by atoms with E-state index in [0.29, 0.717) is 9.63 Å². The molecule has 1 heterocycles. The summed E-state index contributed by atoms with van der Waals surface area (Å²) in [6.07, 6.45) is 0. The minimum Gasteiger partial charge on any atom is -0.468 e. The minimum atomic E-state index is -1.01. The van der Waals surface area contributed by atoms with Crippen molar-refractivity contribution in [2.45, 2.75) is 6.92 Å². The molecule has 0 aliphatic rings. The summed E-state index contributed by atoms with van der Waals surface area (Å²) in [4.78, 5) is 31.5. The molecule has 0 bridgehead atoms. The molecule has 7 heteroatoms. The molecule has 0 spiro atoms. The summed E-state index contributed by atoms with van der Waals surface area (Å²) in [6, 6.07) is 0. The number of aliphatic imine (C=N–C) groups is 1. The summed E-state index contributed by atoms with van der Waals surface area (Å²) in [5.74, 6) is -2.04. The molecular weight excluding hydrogens is 308 g/mol. The van der Waals surface area contributed by atoms with Gasteiger partial charge in [-0.3, -0.25) is 14.6 Å². The Hall–Kier alpha value is -1.08. The summed E-state index contributed by atoms with van der Waals surface area (Å²) in [6.45, 7) is 1.61. The molecule has 0 saturated heterocycles. The Labute approximate surface area is 111 Å². The standard InChI is InChI=1S/C10H11BrN2O3S/c1-5(12-2)7(9(15)16-3)8(14)6-4-17-10(11)13-6/h4,7H,1-3H3. The van der Waals surface area contributed by atoms with E-state index in [-0.39, 0.29) is 5.69 Å². The predicted octanol–water partition coefficient (Wildman–Crippen LogP) is 1.97. The Balaban J connectivity index is 3.07. The molecule has 1 aromatic rings. The van der Waals surface area contributed by atoms with Crippen molar-refractivity contribution in [1.29, 1.82) is 0 Å². The highest BCUT2D eigenvalue weighted by molar-refractivity contribution is 9.11. The quantitative estimate of drug-likeness (QED) is 0.368. The fourth-order valence-electron chi connectivity index (χ4n) is 1.23. The topological polar surface area (TPSA) is 68.6 Å². The second kappa shape index (κ2) is 6.02. The van der Waals surface area contributed by atoms with Crippen molar-refractivity contribution >= 4 is 44.7 Å². The number of hydrogen-bond donors (Lipinski definition) is 0. The van der Waals surface area contributed by atoms with Gasteiger partial charge >= 0.3 is 5.97 Å². The van der Waals surface area contributed by atoms with Gasteiger partial charge in [0, 0.05) is 18.1 Å². The number of ether oxygens (including phenoxy) is 1. The van der Waals surface area contributed by atoms with E-state index in [2.05, 4.69) is 30.6 Å². The van der Waals surface area contributed by atoms with Gasteiger partial charge in [0.15, 0.2) is 9.83 Å². The van der Waals surface area contributed by atoms with Crippen molar-refractivity contribution in [3.63, 3.8) is 0 Å². The second-order valence-corrected chi connectivity index (χ2v) is 5.31. The van der Waals surface area contributed by atoms with Crippen molar-refractivity contribution in [1.82, 2.24) is 4.98 Å². The summed E-state index contributed by atoms with van der Waals surface area (Å²) in [5, 5.41) is 1.59. The Bertz CT molecular complexity index is 470. The number of carbonyl (C=O) groups excluding carboxylic acids is 2. The van der Waals surface area contributed by atoms with Crippen LogP contribution in [0.5, 0.6) is 0 Å². The molecule has 1 rings (SSSR count). The van der Waals surface area contributed by atoms with Crippen LogP contribution >= 0.6 is 27.3 Å². The maximum atomic E-state index is 12.1. The predicted molar refractivity (Wildman–Crippen MR) is 68.7 cm³/mol. The normalized spacial score (nSPS) is 13.3.